The van der Waals surface area contributed by atoms with Gasteiger partial charge in [0.1, 0.15) is 17.1 Å². The van der Waals surface area contributed by atoms with Gasteiger partial charge in [-0.2, -0.15) is 0 Å². The van der Waals surface area contributed by atoms with Crippen LogP contribution in [-0.2, 0) is 23.6 Å². The van der Waals surface area contributed by atoms with Crippen LogP contribution in [0.3, 0.4) is 0 Å². The Morgan fingerprint density at radius 2 is 1.48 bits per heavy atom. The lowest BCUT2D eigenvalue weighted by Crippen LogP contribution is -2.38. The average Bonchev–Trinajstić information content (AvgIpc) is 2.73. The van der Waals surface area contributed by atoms with Gasteiger partial charge in [-0.3, -0.25) is 18.7 Å². The Morgan fingerprint density at radius 1 is 0.897 bits per heavy atom. The van der Waals surface area contributed by atoms with Crippen LogP contribution in [-0.4, -0.2) is 48.9 Å². The van der Waals surface area contributed by atoms with Crippen molar-refractivity contribution in [3.05, 3.63) is 44.6 Å². The first-order chi connectivity index (χ1) is 13.7. The molecule has 0 fully saturated rings. The molecule has 0 aliphatic rings. The number of hydrogen-bond donors (Lipinski definition) is 1. The number of aromatic nitrogens is 2. The highest BCUT2D eigenvalue weighted by Gasteiger charge is 2.20. The van der Waals surface area contributed by atoms with E-state index in [1.54, 1.807) is 0 Å². The van der Waals surface area contributed by atoms with Gasteiger partial charge in [0.05, 0.1) is 21.3 Å². The Kier molecular flexibility index (Phi) is 6.65. The fraction of sp³-hybridized carbons (Fsp3) is 0.333. The molecule has 1 heterocycles. The summed E-state index contributed by atoms with van der Waals surface area (Å²) in [5.41, 5.74) is -1.17. The van der Waals surface area contributed by atoms with Crippen LogP contribution in [0.2, 0.25) is 0 Å². The van der Waals surface area contributed by atoms with Crippen molar-refractivity contribution in [2.24, 2.45) is 14.1 Å². The minimum absolute atomic E-state index is 0.0251. The van der Waals surface area contributed by atoms with Crippen LogP contribution in [0.25, 0.3) is 0 Å². The Morgan fingerprint density at radius 3 is 2.07 bits per heavy atom. The highest BCUT2D eigenvalue weighted by atomic mass is 16.5. The van der Waals surface area contributed by atoms with E-state index in [4.69, 9.17) is 18.9 Å². The van der Waals surface area contributed by atoms with Gasteiger partial charge in [0, 0.05) is 32.3 Å². The third kappa shape index (κ3) is 4.57. The lowest BCUT2D eigenvalue weighted by Gasteiger charge is -2.14. The number of rotatable bonds is 7. The SMILES string of the molecule is COc1cc(OC)c(C(=O)OCC(=O)Nc2cc(=O)n(C)c(=O)n2C)cc1OC. The second-order valence-electron chi connectivity index (χ2n) is 5.80. The van der Waals surface area contributed by atoms with E-state index in [-0.39, 0.29) is 22.9 Å². The smallest absolute Gasteiger partial charge is 0.342 e. The Hall–Kier alpha value is -3.76. The Bertz CT molecular complexity index is 1050. The fourth-order valence-corrected chi connectivity index (χ4v) is 2.43. The van der Waals surface area contributed by atoms with Gasteiger partial charge in [-0.15, -0.1) is 0 Å². The van der Waals surface area contributed by atoms with E-state index in [0.29, 0.717) is 5.75 Å². The Balaban J connectivity index is 2.14. The van der Waals surface area contributed by atoms with Crippen LogP contribution in [0.5, 0.6) is 17.2 Å². The average molecular weight is 407 g/mol. The number of methoxy groups -OCH3 is 3. The molecule has 1 amide bonds. The molecular weight excluding hydrogens is 386 g/mol. The third-order valence-corrected chi connectivity index (χ3v) is 4.05. The molecule has 0 saturated heterocycles. The molecule has 29 heavy (non-hydrogen) atoms. The predicted molar refractivity (Wildman–Crippen MR) is 102 cm³/mol. The number of nitrogens with one attached hydrogen (secondary N) is 1. The second kappa shape index (κ2) is 8.95. The topological polar surface area (TPSA) is 127 Å². The lowest BCUT2D eigenvalue weighted by atomic mass is 10.1. The maximum Gasteiger partial charge on any atom is 0.342 e. The van der Waals surface area contributed by atoms with Gasteiger partial charge in [0.2, 0.25) is 0 Å². The summed E-state index contributed by atoms with van der Waals surface area (Å²) < 4.78 is 22.4. The van der Waals surface area contributed by atoms with Crippen LogP contribution in [0.4, 0.5) is 5.82 Å². The molecule has 0 unspecified atom stereocenters. The van der Waals surface area contributed by atoms with Crippen molar-refractivity contribution in [2.75, 3.05) is 33.3 Å². The fourth-order valence-electron chi connectivity index (χ4n) is 2.43. The number of anilines is 1. The maximum absolute atomic E-state index is 12.4. The quantitative estimate of drug-likeness (QED) is 0.631. The van der Waals surface area contributed by atoms with Crippen molar-refractivity contribution < 1.29 is 28.5 Å². The molecule has 1 N–H and O–H groups in total. The summed E-state index contributed by atoms with van der Waals surface area (Å²) in [4.78, 5) is 48.1. The minimum Gasteiger partial charge on any atom is -0.496 e. The van der Waals surface area contributed by atoms with E-state index in [0.717, 1.165) is 15.2 Å². The molecule has 1 aromatic heterocycles. The zero-order chi connectivity index (χ0) is 21.7. The van der Waals surface area contributed by atoms with Gasteiger partial charge < -0.3 is 24.3 Å². The normalized spacial score (nSPS) is 10.2. The maximum atomic E-state index is 12.4. The molecule has 1 aromatic carbocycles. The molecule has 0 spiro atoms. The van der Waals surface area contributed by atoms with Crippen molar-refractivity contribution in [1.29, 1.82) is 0 Å². The van der Waals surface area contributed by atoms with Gasteiger partial charge in [0.25, 0.3) is 11.5 Å². The molecule has 0 atom stereocenters. The summed E-state index contributed by atoms with van der Waals surface area (Å²) in [7, 11) is 6.90. The summed E-state index contributed by atoms with van der Waals surface area (Å²) in [6.45, 7) is -0.653. The number of nitrogens with zero attached hydrogens (tertiary/aromatic N) is 2. The summed E-state index contributed by atoms with van der Waals surface area (Å²) >= 11 is 0. The molecule has 11 nitrogen and oxygen atoms in total. The molecule has 0 aliphatic heterocycles. The second-order valence-corrected chi connectivity index (χ2v) is 5.80. The van der Waals surface area contributed by atoms with Crippen molar-refractivity contribution in [1.82, 2.24) is 9.13 Å². The van der Waals surface area contributed by atoms with Gasteiger partial charge >= 0.3 is 11.7 Å². The third-order valence-electron chi connectivity index (χ3n) is 4.05. The molecule has 0 radical (unpaired) electrons. The van der Waals surface area contributed by atoms with E-state index in [1.165, 1.54) is 47.6 Å². The zero-order valence-electron chi connectivity index (χ0n) is 16.6. The van der Waals surface area contributed by atoms with Crippen LogP contribution >= 0.6 is 0 Å². The largest absolute Gasteiger partial charge is 0.496 e. The zero-order valence-corrected chi connectivity index (χ0v) is 16.6. The van der Waals surface area contributed by atoms with Crippen molar-refractivity contribution >= 4 is 17.7 Å². The number of carbonyl (C=O) groups is 2. The molecule has 2 aromatic rings. The molecule has 11 heteroatoms. The molecule has 0 saturated carbocycles. The predicted octanol–water partition coefficient (Wildman–Crippen LogP) is -0.0947. The van der Waals surface area contributed by atoms with Crippen LogP contribution < -0.4 is 30.8 Å². The summed E-state index contributed by atoms with van der Waals surface area (Å²) in [5, 5.41) is 2.35. The number of amides is 1. The van der Waals surface area contributed by atoms with Crippen LogP contribution in [0.1, 0.15) is 10.4 Å². The standard InChI is InChI=1S/C18H21N3O8/c1-20-14(8-16(23)21(2)18(20)25)19-15(22)9-29-17(24)10-6-12(27-4)13(28-5)7-11(10)26-3/h6-8H,9H2,1-5H3,(H,19,22). The van der Waals surface area contributed by atoms with Crippen molar-refractivity contribution in [2.45, 2.75) is 0 Å². The monoisotopic (exact) mass is 407 g/mol. The molecule has 156 valence electrons. The van der Waals surface area contributed by atoms with Gasteiger partial charge in [-0.25, -0.2) is 9.59 Å². The number of benzene rings is 1. The molecule has 0 bridgehead atoms. The van der Waals surface area contributed by atoms with Crippen LogP contribution in [0, 0.1) is 0 Å². The minimum atomic E-state index is -0.837. The van der Waals surface area contributed by atoms with Gasteiger partial charge in [-0.1, -0.05) is 0 Å². The highest BCUT2D eigenvalue weighted by molar-refractivity contribution is 5.97. The van der Waals surface area contributed by atoms with Crippen molar-refractivity contribution in [3.8, 4) is 17.2 Å². The lowest BCUT2D eigenvalue weighted by molar-refractivity contribution is -0.119. The number of carbonyl (C=O) groups excluding carboxylic acids is 2. The first-order valence-corrected chi connectivity index (χ1v) is 8.27. The van der Waals surface area contributed by atoms with E-state index >= 15 is 0 Å². The number of esters is 1. The number of ether oxygens (including phenoxy) is 4. The van der Waals surface area contributed by atoms with E-state index in [9.17, 15) is 19.2 Å². The summed E-state index contributed by atoms with van der Waals surface area (Å²) in [6, 6.07) is 3.89. The van der Waals surface area contributed by atoms with E-state index in [2.05, 4.69) is 5.32 Å². The first kappa shape index (κ1) is 21.5. The van der Waals surface area contributed by atoms with E-state index in [1.807, 2.05) is 0 Å². The summed E-state index contributed by atoms with van der Waals surface area (Å²) in [5.74, 6) is -0.799. The Labute approximate surface area is 165 Å². The first-order valence-electron chi connectivity index (χ1n) is 8.27. The van der Waals surface area contributed by atoms with Gasteiger partial charge in [-0.05, 0) is 0 Å². The van der Waals surface area contributed by atoms with E-state index < -0.39 is 29.7 Å². The molecule has 0 aliphatic carbocycles. The van der Waals surface area contributed by atoms with Crippen LogP contribution in [0.15, 0.2) is 27.8 Å². The summed E-state index contributed by atoms with van der Waals surface area (Å²) in [6.07, 6.45) is 0. The van der Waals surface area contributed by atoms with Gasteiger partial charge in [0.15, 0.2) is 18.1 Å². The number of hydrogen-bond acceptors (Lipinski definition) is 8. The molecule has 2 rings (SSSR count). The van der Waals surface area contributed by atoms with Crippen molar-refractivity contribution in [3.63, 3.8) is 0 Å². The molecular formula is C18H21N3O8. The highest BCUT2D eigenvalue weighted by Crippen LogP contribution is 2.34.